The van der Waals surface area contributed by atoms with Gasteiger partial charge in [-0.25, -0.2) is 23.1 Å². The molecule has 1 aliphatic heterocycles. The van der Waals surface area contributed by atoms with Gasteiger partial charge in [-0.05, 0) is 19.9 Å². The van der Waals surface area contributed by atoms with Crippen molar-refractivity contribution in [2.45, 2.75) is 51.3 Å². The van der Waals surface area contributed by atoms with Crippen LogP contribution < -0.4 is 10.9 Å². The smallest absolute Gasteiger partial charge is 0.266 e. The van der Waals surface area contributed by atoms with Gasteiger partial charge in [0.05, 0.1) is 29.1 Å². The monoisotopic (exact) mass is 503 g/mol. The number of carbonyl (C=O) groups is 1. The maximum atomic E-state index is 14.8. The number of nitrogens with one attached hydrogen (secondary N) is 1. The number of pyridine rings is 1. The van der Waals surface area contributed by atoms with Crippen LogP contribution in [0.5, 0.6) is 0 Å². The number of amides is 1. The first-order chi connectivity index (χ1) is 17.0. The van der Waals surface area contributed by atoms with Gasteiger partial charge in [0.2, 0.25) is 5.91 Å². The Balaban J connectivity index is 1.82. The SMILES string of the molecule is CO[C@]1(c2cc3c(N[C@H](C)c4cccc(C(F)F)c4F)ncnc3n(C)c2=O)C[C@@H](C)N(C(C)=O)C1. The van der Waals surface area contributed by atoms with E-state index in [1.54, 1.807) is 24.9 Å². The van der Waals surface area contributed by atoms with Crippen molar-refractivity contribution in [3.63, 3.8) is 0 Å². The van der Waals surface area contributed by atoms with Crippen LogP contribution in [-0.4, -0.2) is 45.0 Å². The van der Waals surface area contributed by atoms with Crippen LogP contribution in [0.2, 0.25) is 0 Å². The lowest BCUT2D eigenvalue weighted by Gasteiger charge is -2.28. The van der Waals surface area contributed by atoms with Crippen LogP contribution in [0.3, 0.4) is 0 Å². The Morgan fingerprint density at radius 2 is 1.97 bits per heavy atom. The molecule has 0 saturated carbocycles. The molecule has 11 heteroatoms. The lowest BCUT2D eigenvalue weighted by Crippen LogP contribution is -2.40. The van der Waals surface area contributed by atoms with Crippen LogP contribution in [-0.2, 0) is 22.2 Å². The third-order valence-electron chi connectivity index (χ3n) is 6.99. The van der Waals surface area contributed by atoms with E-state index < -0.39 is 29.4 Å². The van der Waals surface area contributed by atoms with E-state index >= 15 is 0 Å². The summed E-state index contributed by atoms with van der Waals surface area (Å²) in [6.07, 6.45) is -1.26. The summed E-state index contributed by atoms with van der Waals surface area (Å²) in [6.45, 7) is 5.21. The van der Waals surface area contributed by atoms with E-state index in [1.165, 1.54) is 37.1 Å². The molecule has 0 bridgehead atoms. The average Bonchev–Trinajstić information content (AvgIpc) is 3.19. The molecule has 0 unspecified atom stereocenters. The molecule has 1 aromatic carbocycles. The van der Waals surface area contributed by atoms with Crippen LogP contribution in [0.1, 0.15) is 56.3 Å². The number of alkyl halides is 2. The minimum atomic E-state index is -2.94. The standard InChI is InChI=1S/C25H28F3N5O3/c1-13-10-25(36-5,11-33(13)15(3)34)19-9-18-22(29-12-30-23(18)32(4)24(19)35)31-14(2)16-7-6-8-17(20(16)26)21(27)28/h6-9,12-14,21H,10-11H2,1-5H3,(H,29,30,31)/t13-,14-,25-/m1/s1. The topological polar surface area (TPSA) is 89.3 Å². The minimum absolute atomic E-state index is 0.0553. The van der Waals surface area contributed by atoms with Gasteiger partial charge in [0.25, 0.3) is 12.0 Å². The van der Waals surface area contributed by atoms with Gasteiger partial charge in [-0.3, -0.25) is 14.2 Å². The highest BCUT2D eigenvalue weighted by Gasteiger charge is 2.47. The number of halogens is 3. The molecule has 3 heterocycles. The number of hydrogen-bond acceptors (Lipinski definition) is 6. The van der Waals surface area contributed by atoms with Crippen LogP contribution >= 0.6 is 0 Å². The van der Waals surface area contributed by atoms with Crippen molar-refractivity contribution in [3.05, 3.63) is 63.5 Å². The molecule has 8 nitrogen and oxygen atoms in total. The first kappa shape index (κ1) is 25.6. The summed E-state index contributed by atoms with van der Waals surface area (Å²) in [5.41, 5.74) is -1.31. The molecular formula is C25H28F3N5O3. The van der Waals surface area contributed by atoms with Gasteiger partial charge in [-0.2, -0.15) is 0 Å². The van der Waals surface area contributed by atoms with Crippen molar-refractivity contribution in [1.82, 2.24) is 19.4 Å². The second-order valence-electron chi connectivity index (χ2n) is 9.20. The van der Waals surface area contributed by atoms with Crippen LogP contribution in [0.4, 0.5) is 19.0 Å². The van der Waals surface area contributed by atoms with E-state index in [0.717, 1.165) is 6.07 Å². The van der Waals surface area contributed by atoms with Crippen molar-refractivity contribution < 1.29 is 22.7 Å². The van der Waals surface area contributed by atoms with Gasteiger partial charge >= 0.3 is 0 Å². The zero-order valence-electron chi connectivity index (χ0n) is 20.7. The van der Waals surface area contributed by atoms with Crippen molar-refractivity contribution in [2.24, 2.45) is 7.05 Å². The Kier molecular flexibility index (Phi) is 6.78. The number of fused-ring (bicyclic) bond motifs is 1. The molecule has 0 spiro atoms. The number of aryl methyl sites for hydroxylation is 1. The highest BCUT2D eigenvalue weighted by molar-refractivity contribution is 5.87. The molecule has 3 atom stereocenters. The van der Waals surface area contributed by atoms with Crippen LogP contribution in [0.25, 0.3) is 11.0 Å². The Hall–Kier alpha value is -3.47. The van der Waals surface area contributed by atoms with Gasteiger partial charge in [-0.1, -0.05) is 18.2 Å². The first-order valence-electron chi connectivity index (χ1n) is 11.5. The van der Waals surface area contributed by atoms with Crippen molar-refractivity contribution >= 4 is 22.8 Å². The number of aromatic nitrogens is 3. The van der Waals surface area contributed by atoms with Gasteiger partial charge in [-0.15, -0.1) is 0 Å². The van der Waals surface area contributed by atoms with E-state index in [1.807, 2.05) is 6.92 Å². The summed E-state index contributed by atoms with van der Waals surface area (Å²) in [6, 6.07) is 4.63. The van der Waals surface area contributed by atoms with Gasteiger partial charge in [0.15, 0.2) is 0 Å². The van der Waals surface area contributed by atoms with E-state index in [2.05, 4.69) is 15.3 Å². The maximum Gasteiger partial charge on any atom is 0.266 e. The Morgan fingerprint density at radius 3 is 2.58 bits per heavy atom. The third kappa shape index (κ3) is 4.21. The molecule has 1 amide bonds. The highest BCUT2D eigenvalue weighted by atomic mass is 19.3. The number of benzene rings is 1. The Bertz CT molecular complexity index is 1380. The predicted molar refractivity (Wildman–Crippen MR) is 128 cm³/mol. The van der Waals surface area contributed by atoms with E-state index in [-0.39, 0.29) is 29.6 Å². The molecule has 0 aliphatic carbocycles. The van der Waals surface area contributed by atoms with Crippen molar-refractivity contribution in [2.75, 3.05) is 19.0 Å². The number of rotatable bonds is 6. The van der Waals surface area contributed by atoms with Gasteiger partial charge in [0.1, 0.15) is 29.2 Å². The number of ether oxygens (including phenoxy) is 1. The molecule has 1 saturated heterocycles. The molecular weight excluding hydrogens is 475 g/mol. The summed E-state index contributed by atoms with van der Waals surface area (Å²) in [5, 5.41) is 3.55. The first-order valence-corrected chi connectivity index (χ1v) is 11.5. The molecule has 36 heavy (non-hydrogen) atoms. The summed E-state index contributed by atoms with van der Waals surface area (Å²) in [5.74, 6) is -0.805. The number of anilines is 1. The predicted octanol–water partition coefficient (Wildman–Crippen LogP) is 4.06. The molecule has 192 valence electrons. The Labute approximate surface area is 206 Å². The summed E-state index contributed by atoms with van der Waals surface area (Å²) >= 11 is 0. The number of methoxy groups -OCH3 is 1. The third-order valence-corrected chi connectivity index (χ3v) is 6.99. The highest BCUT2D eigenvalue weighted by Crippen LogP contribution is 2.39. The van der Waals surface area contributed by atoms with Crippen molar-refractivity contribution in [1.29, 1.82) is 0 Å². The fraction of sp³-hybridized carbons (Fsp3) is 0.440. The molecule has 2 aromatic heterocycles. The minimum Gasteiger partial charge on any atom is -0.371 e. The summed E-state index contributed by atoms with van der Waals surface area (Å²) in [4.78, 5) is 35.7. The van der Waals surface area contributed by atoms with Gasteiger partial charge < -0.3 is 15.0 Å². The molecule has 1 fully saturated rings. The van der Waals surface area contributed by atoms with E-state index in [0.29, 0.717) is 28.8 Å². The lowest BCUT2D eigenvalue weighted by atomic mass is 9.91. The fourth-order valence-electron chi connectivity index (χ4n) is 5.02. The second kappa shape index (κ2) is 9.53. The molecule has 0 radical (unpaired) electrons. The summed E-state index contributed by atoms with van der Waals surface area (Å²) < 4.78 is 48.4. The average molecular weight is 504 g/mol. The molecule has 1 aliphatic rings. The number of likely N-dealkylation sites (tertiary alicyclic amines) is 1. The molecule has 1 N–H and O–H groups in total. The lowest BCUT2D eigenvalue weighted by molar-refractivity contribution is -0.130. The number of nitrogens with zero attached hydrogens (tertiary/aromatic N) is 4. The van der Waals surface area contributed by atoms with E-state index in [4.69, 9.17) is 4.74 Å². The fourth-order valence-corrected chi connectivity index (χ4v) is 5.02. The number of hydrogen-bond donors (Lipinski definition) is 1. The van der Waals surface area contributed by atoms with Crippen molar-refractivity contribution in [3.8, 4) is 0 Å². The van der Waals surface area contributed by atoms with Gasteiger partial charge in [0, 0.05) is 39.1 Å². The summed E-state index contributed by atoms with van der Waals surface area (Å²) in [7, 11) is 3.08. The largest absolute Gasteiger partial charge is 0.371 e. The molecule has 3 aromatic rings. The number of carbonyl (C=O) groups excluding carboxylic acids is 1. The zero-order chi connectivity index (χ0) is 26.4. The second-order valence-corrected chi connectivity index (χ2v) is 9.20. The maximum absolute atomic E-state index is 14.8. The van der Waals surface area contributed by atoms with Crippen LogP contribution in [0.15, 0.2) is 35.4 Å². The van der Waals surface area contributed by atoms with Crippen LogP contribution in [0, 0.1) is 5.82 Å². The Morgan fingerprint density at radius 1 is 1.28 bits per heavy atom. The molecule has 4 rings (SSSR count). The quantitative estimate of drug-likeness (QED) is 0.546. The normalized spacial score (nSPS) is 20.8. The van der Waals surface area contributed by atoms with E-state index in [9.17, 15) is 22.8 Å². The zero-order valence-corrected chi connectivity index (χ0v) is 20.7.